The van der Waals surface area contributed by atoms with Crippen molar-refractivity contribution < 1.29 is 31.1 Å². The van der Waals surface area contributed by atoms with Crippen LogP contribution in [0.25, 0.3) is 10.4 Å². The highest BCUT2D eigenvalue weighted by atomic mass is 79.9. The van der Waals surface area contributed by atoms with Gasteiger partial charge in [-0.2, -0.15) is 13.2 Å². The lowest BCUT2D eigenvalue weighted by molar-refractivity contribution is -0.138. The zero-order chi connectivity index (χ0) is 18.1. The zero-order valence-corrected chi connectivity index (χ0v) is 12.8. The zero-order valence-electron chi connectivity index (χ0n) is 11.2. The summed E-state index contributed by atoms with van der Waals surface area (Å²) in [5.41, 5.74) is 6.25. The third-order valence-corrected chi connectivity index (χ3v) is 3.31. The van der Waals surface area contributed by atoms with Gasteiger partial charge in [-0.3, -0.25) is 0 Å². The summed E-state index contributed by atoms with van der Waals surface area (Å²) in [4.78, 5) is 2.36. The van der Waals surface area contributed by atoms with Crippen molar-refractivity contribution in [2.75, 3.05) is 0 Å². The van der Waals surface area contributed by atoms with Gasteiger partial charge in [0, 0.05) is 4.91 Å². The second kappa shape index (κ2) is 6.62. The van der Waals surface area contributed by atoms with Crippen molar-refractivity contribution in [3.05, 3.63) is 62.2 Å². The fraction of sp³-hybridized carbons (Fsp3) is 0.0769. The van der Waals surface area contributed by atoms with E-state index in [1.54, 1.807) is 0 Å². The second-order valence-corrected chi connectivity index (χ2v) is 5.15. The molecule has 0 aliphatic heterocycles. The van der Waals surface area contributed by atoms with Crippen molar-refractivity contribution in [2.24, 2.45) is 5.11 Å². The summed E-state index contributed by atoms with van der Waals surface area (Å²) >= 11 is 2.86. The lowest BCUT2D eigenvalue weighted by Gasteiger charge is -2.13. The summed E-state index contributed by atoms with van der Waals surface area (Å²) in [5.74, 6) is -5.65. The molecule has 2 aromatic rings. The minimum absolute atomic E-state index is 0.0597. The third kappa shape index (κ3) is 3.74. The number of ether oxygens (including phenoxy) is 1. The first-order valence-electron chi connectivity index (χ1n) is 5.91. The van der Waals surface area contributed by atoms with E-state index in [-0.39, 0.29) is 22.4 Å². The minimum atomic E-state index is -4.94. The van der Waals surface area contributed by atoms with E-state index in [0.717, 1.165) is 12.1 Å². The van der Waals surface area contributed by atoms with Crippen LogP contribution in [0.5, 0.6) is 11.5 Å². The fourth-order valence-corrected chi connectivity index (χ4v) is 2.05. The number of hydrogen-bond donors (Lipinski definition) is 0. The molecule has 0 radical (unpaired) electrons. The van der Waals surface area contributed by atoms with Gasteiger partial charge in [0.2, 0.25) is 0 Å². The molecule has 0 aliphatic carbocycles. The molecule has 0 fully saturated rings. The van der Waals surface area contributed by atoms with Gasteiger partial charge in [-0.15, -0.1) is 0 Å². The van der Waals surface area contributed by atoms with E-state index < -0.39 is 40.6 Å². The molecule has 0 aliphatic rings. The molecule has 11 heteroatoms. The fourth-order valence-electron chi connectivity index (χ4n) is 1.65. The van der Waals surface area contributed by atoms with Crippen LogP contribution in [0.2, 0.25) is 0 Å². The first-order valence-corrected chi connectivity index (χ1v) is 6.71. The van der Waals surface area contributed by atoms with Crippen LogP contribution in [0.4, 0.5) is 32.0 Å². The third-order valence-electron chi connectivity index (χ3n) is 2.69. The molecule has 0 unspecified atom stereocenters. The standard InChI is InChI=1S/C13H4BrF6N3O/c14-6-3-7(15)10(22-23-21)4-11(6)24-12-8(16)1-5(2-9(12)17)13(18,19)20/h1-4H. The largest absolute Gasteiger partial charge is 0.450 e. The molecule has 0 bridgehead atoms. The Kier molecular flexibility index (Phi) is 4.95. The van der Waals surface area contributed by atoms with E-state index in [1.807, 2.05) is 0 Å². The summed E-state index contributed by atoms with van der Waals surface area (Å²) in [6, 6.07) is 1.75. The summed E-state index contributed by atoms with van der Waals surface area (Å²) in [7, 11) is 0. The summed E-state index contributed by atoms with van der Waals surface area (Å²) in [6.07, 6.45) is -4.94. The molecule has 0 N–H and O–H groups in total. The average Bonchev–Trinajstić information content (AvgIpc) is 2.46. The Morgan fingerprint density at radius 1 is 1.00 bits per heavy atom. The Morgan fingerprint density at radius 3 is 2.08 bits per heavy atom. The summed E-state index contributed by atoms with van der Waals surface area (Å²) < 4.78 is 83.2. The van der Waals surface area contributed by atoms with Crippen LogP contribution in [0, 0.1) is 17.5 Å². The van der Waals surface area contributed by atoms with E-state index >= 15 is 0 Å². The van der Waals surface area contributed by atoms with Crippen LogP contribution < -0.4 is 4.74 Å². The van der Waals surface area contributed by atoms with E-state index in [2.05, 4.69) is 26.0 Å². The van der Waals surface area contributed by atoms with Crippen molar-refractivity contribution in [1.82, 2.24) is 0 Å². The van der Waals surface area contributed by atoms with Crippen LogP contribution in [0.15, 0.2) is 33.9 Å². The van der Waals surface area contributed by atoms with Gasteiger partial charge in [0.1, 0.15) is 11.6 Å². The van der Waals surface area contributed by atoms with Gasteiger partial charge in [0.15, 0.2) is 17.4 Å². The molecule has 2 aromatic carbocycles. The van der Waals surface area contributed by atoms with Gasteiger partial charge >= 0.3 is 6.18 Å². The smallest absolute Gasteiger partial charge is 0.416 e. The van der Waals surface area contributed by atoms with Gasteiger partial charge in [0.05, 0.1) is 15.7 Å². The molecule has 2 rings (SSSR count). The Hall–Kier alpha value is -2.39. The van der Waals surface area contributed by atoms with Crippen LogP contribution in [0.1, 0.15) is 5.56 Å². The van der Waals surface area contributed by atoms with Crippen molar-refractivity contribution >= 4 is 21.6 Å². The number of benzene rings is 2. The molecule has 0 amide bonds. The van der Waals surface area contributed by atoms with Crippen molar-refractivity contribution in [3.63, 3.8) is 0 Å². The highest BCUT2D eigenvalue weighted by Gasteiger charge is 2.33. The summed E-state index contributed by atoms with van der Waals surface area (Å²) in [6.45, 7) is 0. The van der Waals surface area contributed by atoms with E-state index in [0.29, 0.717) is 0 Å². The highest BCUT2D eigenvalue weighted by molar-refractivity contribution is 9.10. The van der Waals surface area contributed by atoms with Gasteiger partial charge < -0.3 is 4.74 Å². The van der Waals surface area contributed by atoms with Crippen molar-refractivity contribution in [1.29, 1.82) is 0 Å². The number of azide groups is 1. The molecule has 0 spiro atoms. The Bertz CT molecular complexity index is 825. The van der Waals surface area contributed by atoms with Gasteiger partial charge in [-0.05, 0) is 45.7 Å². The first kappa shape index (κ1) is 18.0. The lowest BCUT2D eigenvalue weighted by atomic mass is 10.2. The van der Waals surface area contributed by atoms with Crippen LogP contribution in [-0.4, -0.2) is 0 Å². The maximum Gasteiger partial charge on any atom is 0.416 e. The maximum atomic E-state index is 13.8. The summed E-state index contributed by atoms with van der Waals surface area (Å²) in [5, 5.41) is 3.01. The molecular weight excluding hydrogens is 408 g/mol. The minimum Gasteiger partial charge on any atom is -0.450 e. The number of rotatable bonds is 3. The molecular formula is C13H4BrF6N3O. The van der Waals surface area contributed by atoms with E-state index in [4.69, 9.17) is 10.3 Å². The van der Waals surface area contributed by atoms with Gasteiger partial charge in [0.25, 0.3) is 0 Å². The molecule has 0 heterocycles. The van der Waals surface area contributed by atoms with Crippen molar-refractivity contribution in [2.45, 2.75) is 6.18 Å². The maximum absolute atomic E-state index is 13.8. The highest BCUT2D eigenvalue weighted by Crippen LogP contribution is 2.39. The monoisotopic (exact) mass is 411 g/mol. The average molecular weight is 412 g/mol. The number of alkyl halides is 3. The quantitative estimate of drug-likeness (QED) is 0.242. The molecule has 0 saturated carbocycles. The van der Waals surface area contributed by atoms with E-state index in [1.165, 1.54) is 0 Å². The van der Waals surface area contributed by atoms with Gasteiger partial charge in [-0.1, -0.05) is 5.11 Å². The van der Waals surface area contributed by atoms with Gasteiger partial charge in [-0.25, -0.2) is 13.2 Å². The molecule has 0 aromatic heterocycles. The Balaban J connectivity index is 2.49. The topological polar surface area (TPSA) is 58.0 Å². The first-order chi connectivity index (χ1) is 11.1. The lowest BCUT2D eigenvalue weighted by Crippen LogP contribution is -2.07. The predicted octanol–water partition coefficient (Wildman–Crippen LogP) is 6.62. The number of halogens is 7. The second-order valence-electron chi connectivity index (χ2n) is 4.29. The molecule has 0 atom stereocenters. The molecule has 126 valence electrons. The Labute approximate surface area is 138 Å². The SMILES string of the molecule is [N-]=[N+]=Nc1cc(Oc2c(F)cc(C(F)(F)F)cc2F)c(Br)cc1F. The number of hydrogen-bond acceptors (Lipinski definition) is 2. The molecule has 0 saturated heterocycles. The number of nitrogens with zero attached hydrogens (tertiary/aromatic N) is 3. The van der Waals surface area contributed by atoms with Crippen LogP contribution in [-0.2, 0) is 6.18 Å². The van der Waals surface area contributed by atoms with E-state index in [9.17, 15) is 26.3 Å². The molecule has 24 heavy (non-hydrogen) atoms. The van der Waals surface area contributed by atoms with Crippen molar-refractivity contribution in [3.8, 4) is 11.5 Å². The Morgan fingerprint density at radius 2 is 1.58 bits per heavy atom. The molecule has 4 nitrogen and oxygen atoms in total. The van der Waals surface area contributed by atoms with Crippen LogP contribution >= 0.6 is 15.9 Å². The predicted molar refractivity (Wildman–Crippen MR) is 74.3 cm³/mol. The normalized spacial score (nSPS) is 11.1. The van der Waals surface area contributed by atoms with Crippen LogP contribution in [0.3, 0.4) is 0 Å².